The molecule has 174 valence electrons. The van der Waals surface area contributed by atoms with Crippen molar-refractivity contribution in [3.63, 3.8) is 0 Å². The first kappa shape index (κ1) is 20.1. The maximum atomic E-state index is 13.9. The Labute approximate surface area is 201 Å². The predicted molar refractivity (Wildman–Crippen MR) is 129 cm³/mol. The van der Waals surface area contributed by atoms with Gasteiger partial charge < -0.3 is 24.3 Å². The number of H-pyrrole nitrogens is 1. The van der Waals surface area contributed by atoms with Crippen LogP contribution in [0, 0.1) is 0 Å². The zero-order chi connectivity index (χ0) is 23.5. The third-order valence-electron chi connectivity index (χ3n) is 7.27. The Kier molecular flexibility index (Phi) is 4.39. The summed E-state index contributed by atoms with van der Waals surface area (Å²) in [5.41, 5.74) is 5.04. The highest BCUT2D eigenvalue weighted by atomic mass is 16.7. The van der Waals surface area contributed by atoms with Gasteiger partial charge in [-0.1, -0.05) is 54.6 Å². The molecule has 1 fully saturated rings. The summed E-state index contributed by atoms with van der Waals surface area (Å²) >= 11 is 0. The molecule has 1 N–H and O–H groups in total. The number of amides is 2. The van der Waals surface area contributed by atoms with Crippen LogP contribution in [0.3, 0.4) is 0 Å². The van der Waals surface area contributed by atoms with Crippen LogP contribution in [0.2, 0.25) is 0 Å². The quantitative estimate of drug-likeness (QED) is 0.500. The Morgan fingerprint density at radius 3 is 2.60 bits per heavy atom. The van der Waals surface area contributed by atoms with E-state index in [1.54, 1.807) is 9.80 Å². The van der Waals surface area contributed by atoms with Gasteiger partial charge in [0, 0.05) is 29.6 Å². The highest BCUT2D eigenvalue weighted by molar-refractivity contribution is 5.97. The number of fused-ring (bicyclic) bond motifs is 5. The molecule has 1 aromatic heterocycles. The van der Waals surface area contributed by atoms with Crippen LogP contribution in [-0.2, 0) is 22.6 Å². The fraction of sp³-hybridized carbons (Fsp3) is 0.214. The molecule has 2 unspecified atom stereocenters. The molecule has 7 nitrogen and oxygen atoms in total. The normalized spacial score (nSPS) is 20.8. The van der Waals surface area contributed by atoms with Crippen LogP contribution in [-0.4, -0.2) is 46.0 Å². The van der Waals surface area contributed by atoms with E-state index in [1.807, 2.05) is 66.7 Å². The Bertz CT molecular complexity index is 1480. The number of benzene rings is 3. The molecule has 0 saturated carbocycles. The third-order valence-corrected chi connectivity index (χ3v) is 7.27. The maximum Gasteiger partial charge on any atom is 0.246 e. The second-order valence-electron chi connectivity index (χ2n) is 9.28. The van der Waals surface area contributed by atoms with E-state index >= 15 is 0 Å². The summed E-state index contributed by atoms with van der Waals surface area (Å²) in [7, 11) is 0. The summed E-state index contributed by atoms with van der Waals surface area (Å²) in [6.45, 7) is 0.593. The van der Waals surface area contributed by atoms with Crippen LogP contribution in [0.15, 0.2) is 72.8 Å². The van der Waals surface area contributed by atoms with Crippen LogP contribution in [0.5, 0.6) is 11.5 Å². The van der Waals surface area contributed by atoms with Gasteiger partial charge in [0.25, 0.3) is 0 Å². The van der Waals surface area contributed by atoms with E-state index in [2.05, 4.69) is 11.1 Å². The zero-order valence-electron chi connectivity index (χ0n) is 18.9. The van der Waals surface area contributed by atoms with Gasteiger partial charge in [0.05, 0.1) is 6.04 Å². The predicted octanol–water partition coefficient (Wildman–Crippen LogP) is 3.78. The van der Waals surface area contributed by atoms with Crippen molar-refractivity contribution in [1.29, 1.82) is 0 Å². The van der Waals surface area contributed by atoms with Gasteiger partial charge in [0.15, 0.2) is 11.5 Å². The molecular weight excluding hydrogens is 442 g/mol. The number of hydrogen-bond donors (Lipinski definition) is 1. The van der Waals surface area contributed by atoms with Gasteiger partial charge in [-0.05, 0) is 34.9 Å². The van der Waals surface area contributed by atoms with Gasteiger partial charge in [-0.3, -0.25) is 9.59 Å². The van der Waals surface area contributed by atoms with Gasteiger partial charge in [-0.2, -0.15) is 0 Å². The lowest BCUT2D eigenvalue weighted by Crippen LogP contribution is -2.62. The van der Waals surface area contributed by atoms with Gasteiger partial charge in [0.2, 0.25) is 18.6 Å². The van der Waals surface area contributed by atoms with E-state index in [-0.39, 0.29) is 31.2 Å². The minimum Gasteiger partial charge on any atom is -0.454 e. The molecule has 0 spiro atoms. The summed E-state index contributed by atoms with van der Waals surface area (Å²) in [4.78, 5) is 34.5. The maximum absolute atomic E-state index is 13.9. The molecule has 2 atom stereocenters. The Morgan fingerprint density at radius 1 is 0.914 bits per heavy atom. The number of nitrogens with zero attached hydrogens (tertiary/aromatic N) is 2. The van der Waals surface area contributed by atoms with Crippen molar-refractivity contribution in [3.05, 3.63) is 95.2 Å². The topological polar surface area (TPSA) is 74.9 Å². The standard InChI is InChI=1S/C28H23N3O4/c32-25-15-30(14-17-10-11-23-24(12-17)35-16-34-23)28(33)22-13-20-19-8-4-5-9-21(19)29-26(20)27(31(22)25)18-6-2-1-3-7-18/h1-12,22,27,29H,13-16H2. The number of ether oxygens (including phenoxy) is 2. The van der Waals surface area contributed by atoms with Crippen molar-refractivity contribution in [2.75, 3.05) is 13.3 Å². The molecule has 0 aliphatic carbocycles. The van der Waals surface area contributed by atoms with E-state index in [0.717, 1.165) is 33.3 Å². The largest absolute Gasteiger partial charge is 0.454 e. The second kappa shape index (κ2) is 7.63. The monoisotopic (exact) mass is 465 g/mol. The molecule has 35 heavy (non-hydrogen) atoms. The molecule has 3 aromatic carbocycles. The highest BCUT2D eigenvalue weighted by Gasteiger charge is 2.48. The van der Waals surface area contributed by atoms with Crippen molar-refractivity contribution < 1.29 is 19.1 Å². The smallest absolute Gasteiger partial charge is 0.246 e. The molecule has 4 aromatic rings. The van der Waals surface area contributed by atoms with Gasteiger partial charge in [-0.15, -0.1) is 0 Å². The lowest BCUT2D eigenvalue weighted by molar-refractivity contribution is -0.159. The summed E-state index contributed by atoms with van der Waals surface area (Å²) in [6.07, 6.45) is 0.491. The van der Waals surface area contributed by atoms with Crippen molar-refractivity contribution in [3.8, 4) is 11.5 Å². The molecule has 4 heterocycles. The molecule has 7 rings (SSSR count). The van der Waals surface area contributed by atoms with Gasteiger partial charge in [-0.25, -0.2) is 0 Å². The van der Waals surface area contributed by atoms with Crippen LogP contribution in [0.25, 0.3) is 10.9 Å². The number of hydrogen-bond acceptors (Lipinski definition) is 4. The molecular formula is C28H23N3O4. The van der Waals surface area contributed by atoms with Crippen molar-refractivity contribution in [1.82, 2.24) is 14.8 Å². The average molecular weight is 466 g/mol. The van der Waals surface area contributed by atoms with Crippen LogP contribution in [0.4, 0.5) is 0 Å². The summed E-state index contributed by atoms with van der Waals surface area (Å²) < 4.78 is 10.9. The molecule has 7 heteroatoms. The van der Waals surface area contributed by atoms with Gasteiger partial charge >= 0.3 is 0 Å². The molecule has 3 aliphatic heterocycles. The SMILES string of the molecule is O=C1C2Cc3c([nH]c4ccccc34)C(c3ccccc3)N2C(=O)CN1Cc1ccc2c(c1)OCO2. The first-order chi connectivity index (χ1) is 17.2. The van der Waals surface area contributed by atoms with E-state index in [0.29, 0.717) is 24.5 Å². The first-order valence-corrected chi connectivity index (χ1v) is 11.8. The Balaban J connectivity index is 1.29. The number of rotatable bonds is 3. The third kappa shape index (κ3) is 3.11. The van der Waals surface area contributed by atoms with Crippen LogP contribution in [0.1, 0.15) is 28.4 Å². The number of aromatic nitrogens is 1. The molecule has 2 amide bonds. The second-order valence-corrected chi connectivity index (χ2v) is 9.28. The van der Waals surface area contributed by atoms with Crippen molar-refractivity contribution in [2.45, 2.75) is 25.0 Å². The Morgan fingerprint density at radius 2 is 1.71 bits per heavy atom. The van der Waals surface area contributed by atoms with Crippen LogP contribution >= 0.6 is 0 Å². The van der Waals surface area contributed by atoms with Crippen molar-refractivity contribution in [2.24, 2.45) is 0 Å². The molecule has 1 saturated heterocycles. The summed E-state index contributed by atoms with van der Waals surface area (Å²) in [5.74, 6) is 1.30. The molecule has 0 bridgehead atoms. The van der Waals surface area contributed by atoms with E-state index in [4.69, 9.17) is 9.47 Å². The number of carbonyl (C=O) groups is 2. The summed E-state index contributed by atoms with van der Waals surface area (Å²) in [5, 5.41) is 1.11. The number of aromatic amines is 1. The minimum absolute atomic E-state index is 0.0286. The Hall–Kier alpha value is -4.26. The van der Waals surface area contributed by atoms with Crippen molar-refractivity contribution >= 4 is 22.7 Å². The average Bonchev–Trinajstić information content (AvgIpc) is 3.50. The number of para-hydroxylation sites is 1. The first-order valence-electron chi connectivity index (χ1n) is 11.8. The summed E-state index contributed by atoms with van der Waals surface area (Å²) in [6, 6.07) is 22.9. The van der Waals surface area contributed by atoms with E-state index in [1.165, 1.54) is 0 Å². The fourth-order valence-electron chi connectivity index (χ4n) is 5.70. The van der Waals surface area contributed by atoms with E-state index in [9.17, 15) is 9.59 Å². The van der Waals surface area contributed by atoms with E-state index < -0.39 is 6.04 Å². The number of nitrogens with one attached hydrogen (secondary N) is 1. The number of carbonyl (C=O) groups excluding carboxylic acids is 2. The van der Waals surface area contributed by atoms with Gasteiger partial charge in [0.1, 0.15) is 12.6 Å². The number of piperazine rings is 1. The fourth-order valence-corrected chi connectivity index (χ4v) is 5.70. The molecule has 3 aliphatic rings. The lowest BCUT2D eigenvalue weighted by Gasteiger charge is -2.47. The highest BCUT2D eigenvalue weighted by Crippen LogP contribution is 2.42. The minimum atomic E-state index is -0.554. The zero-order valence-corrected chi connectivity index (χ0v) is 18.9. The lowest BCUT2D eigenvalue weighted by atomic mass is 9.86. The van der Waals surface area contributed by atoms with Crippen LogP contribution < -0.4 is 9.47 Å². The molecule has 0 radical (unpaired) electrons.